The second kappa shape index (κ2) is 3.72. The average molecular weight is 142 g/mol. The molecule has 2 heteroatoms. The number of thiol groups is 1. The van der Waals surface area contributed by atoms with Crippen LogP contribution in [0, 0.1) is 0 Å². The Hall–Kier alpha value is -0.240. The monoisotopic (exact) mass is 142 g/mol. The predicted octanol–water partition coefficient (Wildman–Crippen LogP) is 2.18. The molecule has 1 radical (unpaired) electrons. The van der Waals surface area contributed by atoms with Crippen LogP contribution in [0.1, 0.15) is 19.8 Å². The third-order valence-corrected chi connectivity index (χ3v) is 2.92. The van der Waals surface area contributed by atoms with E-state index in [0.29, 0.717) is 0 Å². The summed E-state index contributed by atoms with van der Waals surface area (Å²) >= 11 is 0. The lowest BCUT2D eigenvalue weighted by molar-refractivity contribution is 0.897. The SMILES string of the molecule is CCCC[SH]1[C]=NC=C1. The molecule has 1 atom stereocenters. The third-order valence-electron chi connectivity index (χ3n) is 1.26. The highest BCUT2D eigenvalue weighted by atomic mass is 32.2. The molecule has 0 spiro atoms. The van der Waals surface area contributed by atoms with E-state index in [1.54, 1.807) is 0 Å². The van der Waals surface area contributed by atoms with Crippen molar-refractivity contribution in [1.82, 2.24) is 0 Å². The van der Waals surface area contributed by atoms with Gasteiger partial charge in [-0.3, -0.25) is 0 Å². The number of hydrogen-bond donors (Lipinski definition) is 1. The molecule has 1 aliphatic heterocycles. The molecule has 0 saturated carbocycles. The van der Waals surface area contributed by atoms with Crippen molar-refractivity contribution in [2.24, 2.45) is 4.99 Å². The highest BCUT2D eigenvalue weighted by Crippen LogP contribution is 2.28. The van der Waals surface area contributed by atoms with Crippen molar-refractivity contribution in [3.05, 3.63) is 11.6 Å². The van der Waals surface area contributed by atoms with E-state index in [2.05, 4.69) is 22.9 Å². The number of nitrogens with zero attached hydrogens (tertiary/aromatic N) is 1. The first-order valence-electron chi connectivity index (χ1n) is 3.32. The number of unbranched alkanes of at least 4 members (excludes halogenated alkanes) is 1. The molecule has 0 aliphatic carbocycles. The van der Waals surface area contributed by atoms with Crippen LogP contribution in [0.25, 0.3) is 0 Å². The summed E-state index contributed by atoms with van der Waals surface area (Å²) in [5.74, 6) is 1.28. The fourth-order valence-electron chi connectivity index (χ4n) is 0.708. The molecule has 0 aromatic rings. The lowest BCUT2D eigenvalue weighted by Gasteiger charge is -2.03. The molecule has 1 unspecified atom stereocenters. The minimum Gasteiger partial charge on any atom is -0.248 e. The number of hydrogen-bond acceptors (Lipinski definition) is 1. The van der Waals surface area contributed by atoms with E-state index < -0.39 is 0 Å². The van der Waals surface area contributed by atoms with Gasteiger partial charge in [-0.05, 0) is 17.6 Å². The molecule has 0 bridgehead atoms. The molecular formula is C7H12NS. The fraction of sp³-hybridized carbons (Fsp3) is 0.571. The standard InChI is InChI=1S/C7H12NS/c1-2-3-5-9-6-4-8-7-9/h4,6,9H,2-3,5H2,1H3. The van der Waals surface area contributed by atoms with Crippen LogP contribution >= 0.6 is 10.9 Å². The van der Waals surface area contributed by atoms with Gasteiger partial charge in [-0.1, -0.05) is 13.3 Å². The van der Waals surface area contributed by atoms with Gasteiger partial charge in [-0.25, -0.2) is 4.99 Å². The Kier molecular flexibility index (Phi) is 2.84. The summed E-state index contributed by atoms with van der Waals surface area (Å²) in [5, 5.41) is 2.17. The molecule has 0 saturated heterocycles. The highest BCUT2D eigenvalue weighted by molar-refractivity contribution is 8.31. The molecule has 1 rings (SSSR count). The highest BCUT2D eigenvalue weighted by Gasteiger charge is 1.98. The van der Waals surface area contributed by atoms with Gasteiger partial charge < -0.3 is 0 Å². The number of aliphatic imine (C=N–C) groups is 1. The van der Waals surface area contributed by atoms with Crippen LogP contribution in [-0.2, 0) is 0 Å². The van der Waals surface area contributed by atoms with Crippen molar-refractivity contribution in [3.63, 3.8) is 0 Å². The van der Waals surface area contributed by atoms with Crippen molar-refractivity contribution in [3.8, 4) is 0 Å². The minimum atomic E-state index is -0.0482. The van der Waals surface area contributed by atoms with Crippen LogP contribution in [0.3, 0.4) is 0 Å². The zero-order chi connectivity index (χ0) is 6.53. The summed E-state index contributed by atoms with van der Waals surface area (Å²) in [6.45, 7) is 2.21. The van der Waals surface area contributed by atoms with Crippen LogP contribution in [0.2, 0.25) is 0 Å². The Bertz CT molecular complexity index is 117. The van der Waals surface area contributed by atoms with Crippen molar-refractivity contribution in [2.75, 3.05) is 5.75 Å². The van der Waals surface area contributed by atoms with E-state index in [1.807, 2.05) is 6.20 Å². The lowest BCUT2D eigenvalue weighted by atomic mass is 10.4. The zero-order valence-corrected chi connectivity index (χ0v) is 6.56. The summed E-state index contributed by atoms with van der Waals surface area (Å²) in [6, 6.07) is 0. The van der Waals surface area contributed by atoms with Crippen LogP contribution < -0.4 is 0 Å². The van der Waals surface area contributed by atoms with Crippen LogP contribution in [0.15, 0.2) is 16.6 Å². The Morgan fingerprint density at radius 1 is 1.67 bits per heavy atom. The average Bonchev–Trinajstić information content (AvgIpc) is 2.34. The van der Waals surface area contributed by atoms with Crippen LogP contribution in [0.4, 0.5) is 0 Å². The number of rotatable bonds is 3. The largest absolute Gasteiger partial charge is 0.248 e. The summed E-state index contributed by atoms with van der Waals surface area (Å²) in [7, 11) is -0.0482. The maximum atomic E-state index is 3.92. The van der Waals surface area contributed by atoms with E-state index >= 15 is 0 Å². The first kappa shape index (κ1) is 6.87. The quantitative estimate of drug-likeness (QED) is 0.580. The maximum Gasteiger partial charge on any atom is 0.111 e. The van der Waals surface area contributed by atoms with Crippen LogP contribution in [0.5, 0.6) is 0 Å². The van der Waals surface area contributed by atoms with Gasteiger partial charge in [-0.15, -0.1) is 0 Å². The smallest absolute Gasteiger partial charge is 0.111 e. The van der Waals surface area contributed by atoms with Gasteiger partial charge in [0.2, 0.25) is 0 Å². The Morgan fingerprint density at radius 3 is 3.11 bits per heavy atom. The zero-order valence-electron chi connectivity index (χ0n) is 5.67. The molecule has 9 heavy (non-hydrogen) atoms. The van der Waals surface area contributed by atoms with Gasteiger partial charge in [0.15, 0.2) is 0 Å². The minimum absolute atomic E-state index is 0.0482. The van der Waals surface area contributed by atoms with Crippen molar-refractivity contribution >= 4 is 16.4 Å². The predicted molar refractivity (Wildman–Crippen MR) is 45.3 cm³/mol. The summed E-state index contributed by atoms with van der Waals surface area (Å²) in [4.78, 5) is 3.92. The Labute approximate surface area is 59.2 Å². The van der Waals surface area contributed by atoms with Gasteiger partial charge in [-0.2, -0.15) is 10.9 Å². The first-order valence-corrected chi connectivity index (χ1v) is 4.92. The Balaban J connectivity index is 2.13. The van der Waals surface area contributed by atoms with Crippen molar-refractivity contribution in [1.29, 1.82) is 0 Å². The van der Waals surface area contributed by atoms with E-state index in [4.69, 9.17) is 0 Å². The van der Waals surface area contributed by atoms with Gasteiger partial charge in [0.25, 0.3) is 0 Å². The third kappa shape index (κ3) is 2.22. The van der Waals surface area contributed by atoms with E-state index in [0.717, 1.165) is 0 Å². The molecule has 1 aliphatic rings. The maximum absolute atomic E-state index is 3.92. The van der Waals surface area contributed by atoms with Gasteiger partial charge in [0, 0.05) is 6.20 Å². The Morgan fingerprint density at radius 2 is 2.56 bits per heavy atom. The second-order valence-corrected chi connectivity index (χ2v) is 3.96. The van der Waals surface area contributed by atoms with E-state index in [-0.39, 0.29) is 10.9 Å². The second-order valence-electron chi connectivity index (χ2n) is 2.07. The van der Waals surface area contributed by atoms with Gasteiger partial charge >= 0.3 is 0 Å². The van der Waals surface area contributed by atoms with Gasteiger partial charge in [0.05, 0.1) is 0 Å². The van der Waals surface area contributed by atoms with E-state index in [9.17, 15) is 0 Å². The first-order chi connectivity index (χ1) is 4.43. The summed E-state index contributed by atoms with van der Waals surface area (Å²) in [5.41, 5.74) is 3.07. The normalized spacial score (nSPS) is 27.4. The van der Waals surface area contributed by atoms with Crippen molar-refractivity contribution in [2.45, 2.75) is 19.8 Å². The molecule has 51 valence electrons. The molecule has 0 N–H and O–H groups in total. The van der Waals surface area contributed by atoms with E-state index in [1.165, 1.54) is 18.6 Å². The molecule has 0 aromatic carbocycles. The van der Waals surface area contributed by atoms with Crippen molar-refractivity contribution < 1.29 is 0 Å². The molecule has 1 nitrogen and oxygen atoms in total. The molecule has 1 heterocycles. The molecule has 0 aromatic heterocycles. The topological polar surface area (TPSA) is 12.4 Å². The van der Waals surface area contributed by atoms with Crippen LogP contribution in [-0.4, -0.2) is 11.3 Å². The molecular weight excluding hydrogens is 130 g/mol. The summed E-state index contributed by atoms with van der Waals surface area (Å²) < 4.78 is 0. The molecule has 0 amide bonds. The summed E-state index contributed by atoms with van der Waals surface area (Å²) in [6.07, 6.45) is 4.47. The lowest BCUT2D eigenvalue weighted by Crippen LogP contribution is -1.82. The van der Waals surface area contributed by atoms with Gasteiger partial charge in [0.1, 0.15) is 5.55 Å². The molecule has 0 fully saturated rings. The fourth-order valence-corrected chi connectivity index (χ4v) is 2.12.